The molecule has 6 heteroatoms. The first-order valence-electron chi connectivity index (χ1n) is 5.17. The van der Waals surface area contributed by atoms with Crippen LogP contribution in [0.1, 0.15) is 5.69 Å². The number of rotatable bonds is 2. The van der Waals surface area contributed by atoms with Gasteiger partial charge < -0.3 is 15.3 Å². The van der Waals surface area contributed by atoms with E-state index in [4.69, 9.17) is 5.11 Å². The number of carbonyl (C=O) groups is 1. The lowest BCUT2D eigenvalue weighted by atomic mass is 10.2. The Balaban J connectivity index is 2.26. The van der Waals surface area contributed by atoms with Gasteiger partial charge in [0.05, 0.1) is 0 Å². The molecule has 0 radical (unpaired) electrons. The van der Waals surface area contributed by atoms with E-state index in [9.17, 15) is 4.79 Å². The summed E-state index contributed by atoms with van der Waals surface area (Å²) in [5.74, 6) is -0.148. The Morgan fingerprint density at radius 2 is 2.44 bits per heavy atom. The lowest BCUT2D eigenvalue weighted by molar-refractivity contribution is -0.138. The van der Waals surface area contributed by atoms with Gasteiger partial charge in [0.15, 0.2) is 0 Å². The van der Waals surface area contributed by atoms with Crippen LogP contribution in [-0.4, -0.2) is 46.7 Å². The number of nitrogens with one attached hydrogen (secondary N) is 1. The highest BCUT2D eigenvalue weighted by atomic mass is 16.4. The van der Waals surface area contributed by atoms with Crippen molar-refractivity contribution in [3.8, 4) is 0 Å². The quantitative estimate of drug-likeness (QED) is 0.712. The van der Waals surface area contributed by atoms with E-state index in [0.29, 0.717) is 18.9 Å². The van der Waals surface area contributed by atoms with Gasteiger partial charge in [0.25, 0.3) is 0 Å². The van der Waals surface area contributed by atoms with E-state index < -0.39 is 12.0 Å². The van der Waals surface area contributed by atoms with Crippen LogP contribution in [0.25, 0.3) is 0 Å². The van der Waals surface area contributed by atoms with Crippen molar-refractivity contribution in [1.29, 1.82) is 0 Å². The Morgan fingerprint density at radius 3 is 3.12 bits per heavy atom. The molecule has 1 fully saturated rings. The minimum absolute atomic E-state index is 0.443. The Labute approximate surface area is 93.3 Å². The highest BCUT2D eigenvalue weighted by Crippen LogP contribution is 2.15. The van der Waals surface area contributed by atoms with Crippen molar-refractivity contribution in [2.45, 2.75) is 13.0 Å². The maximum absolute atomic E-state index is 11.1. The molecule has 1 unspecified atom stereocenters. The molecule has 86 valence electrons. The SMILES string of the molecule is Cc1cc(N2CCNCC2C(=O)O)ncn1. The number of hydrogen-bond donors (Lipinski definition) is 2. The minimum Gasteiger partial charge on any atom is -0.480 e. The van der Waals surface area contributed by atoms with Gasteiger partial charge in [0, 0.05) is 31.4 Å². The van der Waals surface area contributed by atoms with Gasteiger partial charge in [-0.05, 0) is 6.92 Å². The van der Waals surface area contributed by atoms with Crippen molar-refractivity contribution < 1.29 is 9.90 Å². The standard InChI is InChI=1S/C10H14N4O2/c1-7-4-9(13-6-12-7)14-3-2-11-5-8(14)10(15)16/h4,6,8,11H,2-3,5H2,1H3,(H,15,16). The summed E-state index contributed by atoms with van der Waals surface area (Å²) >= 11 is 0. The molecule has 6 nitrogen and oxygen atoms in total. The molecule has 1 aromatic rings. The molecule has 0 saturated carbocycles. The minimum atomic E-state index is -0.830. The number of aromatic nitrogens is 2. The monoisotopic (exact) mass is 222 g/mol. The molecule has 0 aromatic carbocycles. The predicted octanol–water partition coefficient (Wildman–Crippen LogP) is -0.352. The number of nitrogens with zero attached hydrogens (tertiary/aromatic N) is 3. The van der Waals surface area contributed by atoms with E-state index in [1.165, 1.54) is 6.33 Å². The van der Waals surface area contributed by atoms with E-state index in [-0.39, 0.29) is 0 Å². The smallest absolute Gasteiger partial charge is 0.327 e. The van der Waals surface area contributed by atoms with E-state index >= 15 is 0 Å². The Kier molecular flexibility index (Phi) is 3.00. The van der Waals surface area contributed by atoms with Gasteiger partial charge in [-0.15, -0.1) is 0 Å². The number of aryl methyl sites for hydroxylation is 1. The fraction of sp³-hybridized carbons (Fsp3) is 0.500. The number of anilines is 1. The van der Waals surface area contributed by atoms with Crippen LogP contribution in [0.5, 0.6) is 0 Å². The van der Waals surface area contributed by atoms with Crippen molar-refractivity contribution in [1.82, 2.24) is 15.3 Å². The normalized spacial score (nSPS) is 20.8. The first-order valence-corrected chi connectivity index (χ1v) is 5.17. The van der Waals surface area contributed by atoms with E-state index in [1.54, 1.807) is 11.0 Å². The van der Waals surface area contributed by atoms with Crippen LogP contribution in [0.4, 0.5) is 5.82 Å². The highest BCUT2D eigenvalue weighted by molar-refractivity contribution is 5.78. The summed E-state index contributed by atoms with van der Waals surface area (Å²) in [5.41, 5.74) is 0.840. The molecule has 2 heterocycles. The van der Waals surface area contributed by atoms with Crippen molar-refractivity contribution in [3.63, 3.8) is 0 Å². The van der Waals surface area contributed by atoms with Crippen LogP contribution in [0, 0.1) is 6.92 Å². The van der Waals surface area contributed by atoms with E-state index in [1.807, 2.05) is 6.92 Å². The molecule has 2 rings (SSSR count). The summed E-state index contributed by atoms with van der Waals surface area (Å²) in [6.07, 6.45) is 1.46. The first-order chi connectivity index (χ1) is 7.68. The Morgan fingerprint density at radius 1 is 1.62 bits per heavy atom. The van der Waals surface area contributed by atoms with Crippen molar-refractivity contribution >= 4 is 11.8 Å². The Hall–Kier alpha value is -1.69. The molecule has 1 aliphatic rings. The fourth-order valence-electron chi connectivity index (χ4n) is 1.80. The zero-order valence-corrected chi connectivity index (χ0v) is 9.05. The molecular formula is C10H14N4O2. The number of carboxylic acid groups (broad SMARTS) is 1. The molecule has 0 spiro atoms. The van der Waals surface area contributed by atoms with E-state index in [0.717, 1.165) is 12.2 Å². The summed E-state index contributed by atoms with van der Waals surface area (Å²) < 4.78 is 0. The fourth-order valence-corrected chi connectivity index (χ4v) is 1.80. The maximum Gasteiger partial charge on any atom is 0.327 e. The molecule has 0 bridgehead atoms. The van der Waals surface area contributed by atoms with Crippen LogP contribution < -0.4 is 10.2 Å². The molecule has 2 N–H and O–H groups in total. The summed E-state index contributed by atoms with van der Waals surface area (Å²) in [7, 11) is 0. The molecule has 16 heavy (non-hydrogen) atoms. The summed E-state index contributed by atoms with van der Waals surface area (Å²) in [4.78, 5) is 21.0. The largest absolute Gasteiger partial charge is 0.480 e. The number of carboxylic acids is 1. The maximum atomic E-state index is 11.1. The van der Waals surface area contributed by atoms with Crippen molar-refractivity contribution in [3.05, 3.63) is 18.1 Å². The predicted molar refractivity (Wildman–Crippen MR) is 58.4 cm³/mol. The molecule has 1 saturated heterocycles. The van der Waals surface area contributed by atoms with Crippen LogP contribution in [-0.2, 0) is 4.79 Å². The third kappa shape index (κ3) is 2.11. The molecule has 0 amide bonds. The lowest BCUT2D eigenvalue weighted by Crippen LogP contribution is -2.55. The summed E-state index contributed by atoms with van der Waals surface area (Å²) in [6, 6.07) is 1.25. The van der Waals surface area contributed by atoms with Gasteiger partial charge in [-0.1, -0.05) is 0 Å². The van der Waals surface area contributed by atoms with Crippen molar-refractivity contribution in [2.75, 3.05) is 24.5 Å². The average Bonchev–Trinajstić information content (AvgIpc) is 2.29. The summed E-state index contributed by atoms with van der Waals surface area (Å²) in [5, 5.41) is 12.2. The second-order valence-electron chi connectivity index (χ2n) is 3.77. The van der Waals surface area contributed by atoms with Crippen LogP contribution in [0.3, 0.4) is 0 Å². The van der Waals surface area contributed by atoms with Gasteiger partial charge >= 0.3 is 5.97 Å². The molecule has 0 aliphatic carbocycles. The van der Waals surface area contributed by atoms with E-state index in [2.05, 4.69) is 15.3 Å². The van der Waals surface area contributed by atoms with Crippen LogP contribution in [0.15, 0.2) is 12.4 Å². The van der Waals surface area contributed by atoms with Crippen LogP contribution >= 0.6 is 0 Å². The zero-order chi connectivity index (χ0) is 11.5. The molecule has 1 aromatic heterocycles. The second-order valence-corrected chi connectivity index (χ2v) is 3.77. The zero-order valence-electron chi connectivity index (χ0n) is 9.05. The van der Waals surface area contributed by atoms with Crippen molar-refractivity contribution in [2.24, 2.45) is 0 Å². The van der Waals surface area contributed by atoms with Gasteiger partial charge in [0.1, 0.15) is 18.2 Å². The number of piperazine rings is 1. The first kappa shape index (κ1) is 10.8. The number of aliphatic carboxylic acids is 1. The number of hydrogen-bond acceptors (Lipinski definition) is 5. The topological polar surface area (TPSA) is 78.4 Å². The lowest BCUT2D eigenvalue weighted by Gasteiger charge is -2.34. The summed E-state index contributed by atoms with van der Waals surface area (Å²) in [6.45, 7) is 3.72. The Bertz CT molecular complexity index is 396. The van der Waals surface area contributed by atoms with Crippen LogP contribution in [0.2, 0.25) is 0 Å². The molecule has 1 aliphatic heterocycles. The third-order valence-corrected chi connectivity index (χ3v) is 2.61. The van der Waals surface area contributed by atoms with Gasteiger partial charge in [-0.3, -0.25) is 0 Å². The molecular weight excluding hydrogens is 208 g/mol. The van der Waals surface area contributed by atoms with Gasteiger partial charge in [-0.2, -0.15) is 0 Å². The van der Waals surface area contributed by atoms with Gasteiger partial charge in [0.2, 0.25) is 0 Å². The highest BCUT2D eigenvalue weighted by Gasteiger charge is 2.29. The third-order valence-electron chi connectivity index (χ3n) is 2.61. The second kappa shape index (κ2) is 4.44. The average molecular weight is 222 g/mol. The van der Waals surface area contributed by atoms with Gasteiger partial charge in [-0.25, -0.2) is 14.8 Å². The molecule has 1 atom stereocenters.